The molecule has 0 N–H and O–H groups in total. The second kappa shape index (κ2) is 3.75. The average molecular weight is 222 g/mol. The highest BCUT2D eigenvalue weighted by Gasteiger charge is 2.49. The second-order valence-corrected chi connectivity index (χ2v) is 6.26. The predicted molar refractivity (Wildman–Crippen MR) is 61.8 cm³/mol. The Bertz CT molecular complexity index is 297. The molecule has 1 saturated heterocycles. The summed E-state index contributed by atoms with van der Waals surface area (Å²) in [6, 6.07) is 0. The Morgan fingerprint density at radius 3 is 2.62 bits per heavy atom. The molecule has 2 saturated carbocycles. The van der Waals surface area contributed by atoms with E-state index in [9.17, 15) is 4.79 Å². The summed E-state index contributed by atoms with van der Waals surface area (Å²) in [6.45, 7) is 4.84. The van der Waals surface area contributed by atoms with Crippen molar-refractivity contribution in [3.05, 3.63) is 0 Å². The van der Waals surface area contributed by atoms with Crippen molar-refractivity contribution in [1.29, 1.82) is 0 Å². The van der Waals surface area contributed by atoms with E-state index < -0.39 is 0 Å². The van der Waals surface area contributed by atoms with Crippen molar-refractivity contribution in [2.45, 2.75) is 52.1 Å². The molecule has 3 aliphatic rings. The van der Waals surface area contributed by atoms with Gasteiger partial charge in [0.15, 0.2) is 0 Å². The van der Waals surface area contributed by atoms with Crippen molar-refractivity contribution in [2.75, 3.05) is 0 Å². The van der Waals surface area contributed by atoms with Gasteiger partial charge in [0.1, 0.15) is 6.10 Å². The number of esters is 1. The lowest BCUT2D eigenvalue weighted by Gasteiger charge is -2.32. The second-order valence-electron chi connectivity index (χ2n) is 6.26. The SMILES string of the molecule is CC1C2CC(CC3CCC(=O)O3)C(C2)C1C. The molecule has 2 aliphatic carbocycles. The molecule has 90 valence electrons. The number of hydrogen-bond donors (Lipinski definition) is 0. The van der Waals surface area contributed by atoms with E-state index in [4.69, 9.17) is 4.74 Å². The van der Waals surface area contributed by atoms with Crippen LogP contribution in [0.4, 0.5) is 0 Å². The van der Waals surface area contributed by atoms with Crippen LogP contribution in [0.5, 0.6) is 0 Å². The third-order valence-electron chi connectivity index (χ3n) is 5.57. The maximum atomic E-state index is 11.1. The van der Waals surface area contributed by atoms with Gasteiger partial charge in [-0.25, -0.2) is 0 Å². The molecular formula is C14H22O2. The number of carbonyl (C=O) groups is 1. The van der Waals surface area contributed by atoms with Gasteiger partial charge in [0.2, 0.25) is 0 Å². The number of ether oxygens (including phenoxy) is 1. The van der Waals surface area contributed by atoms with Crippen molar-refractivity contribution in [3.8, 4) is 0 Å². The van der Waals surface area contributed by atoms with Crippen LogP contribution in [0.3, 0.4) is 0 Å². The van der Waals surface area contributed by atoms with E-state index in [-0.39, 0.29) is 12.1 Å². The van der Waals surface area contributed by atoms with Crippen LogP contribution in [0.1, 0.15) is 46.0 Å². The highest BCUT2D eigenvalue weighted by Crippen LogP contribution is 2.56. The normalized spacial score (nSPS) is 51.0. The summed E-state index contributed by atoms with van der Waals surface area (Å²) in [5, 5.41) is 0. The van der Waals surface area contributed by atoms with Gasteiger partial charge in [-0.1, -0.05) is 13.8 Å². The summed E-state index contributed by atoms with van der Waals surface area (Å²) in [5.74, 6) is 4.55. The standard InChI is InChI=1S/C14H22O2/c1-8-9(2)13-7-10(8)5-11(13)6-12-3-4-14(15)16-12/h8-13H,3-7H2,1-2H3. The van der Waals surface area contributed by atoms with E-state index in [2.05, 4.69) is 13.8 Å². The summed E-state index contributed by atoms with van der Waals surface area (Å²) in [7, 11) is 0. The molecule has 0 aromatic rings. The lowest BCUT2D eigenvalue weighted by atomic mass is 9.74. The van der Waals surface area contributed by atoms with Gasteiger partial charge >= 0.3 is 5.97 Å². The molecule has 3 fully saturated rings. The summed E-state index contributed by atoms with van der Waals surface area (Å²) in [4.78, 5) is 11.1. The molecular weight excluding hydrogens is 200 g/mol. The molecule has 0 amide bonds. The first-order chi connectivity index (χ1) is 7.65. The summed E-state index contributed by atoms with van der Waals surface area (Å²) >= 11 is 0. The quantitative estimate of drug-likeness (QED) is 0.671. The van der Waals surface area contributed by atoms with E-state index >= 15 is 0 Å². The van der Waals surface area contributed by atoms with Gasteiger partial charge in [-0.2, -0.15) is 0 Å². The molecule has 0 radical (unpaired) electrons. The summed E-state index contributed by atoms with van der Waals surface area (Å²) in [6.07, 6.45) is 5.84. The molecule has 6 unspecified atom stereocenters. The Morgan fingerprint density at radius 2 is 2.06 bits per heavy atom. The van der Waals surface area contributed by atoms with Crippen molar-refractivity contribution >= 4 is 5.97 Å². The molecule has 3 rings (SSSR count). The van der Waals surface area contributed by atoms with Gasteiger partial charge in [0.05, 0.1) is 0 Å². The molecule has 6 atom stereocenters. The zero-order chi connectivity index (χ0) is 11.3. The minimum absolute atomic E-state index is 0.0228. The van der Waals surface area contributed by atoms with E-state index in [0.717, 1.165) is 42.4 Å². The van der Waals surface area contributed by atoms with Crippen LogP contribution in [0.2, 0.25) is 0 Å². The Balaban J connectivity index is 1.60. The Morgan fingerprint density at radius 1 is 1.25 bits per heavy atom. The fourth-order valence-electron chi connectivity index (χ4n) is 4.45. The molecule has 1 heterocycles. The molecule has 16 heavy (non-hydrogen) atoms. The molecule has 2 nitrogen and oxygen atoms in total. The molecule has 2 bridgehead atoms. The van der Waals surface area contributed by atoms with Gasteiger partial charge in [-0.05, 0) is 55.3 Å². The molecule has 1 aliphatic heterocycles. The van der Waals surface area contributed by atoms with Crippen LogP contribution in [0.15, 0.2) is 0 Å². The number of rotatable bonds is 2. The number of hydrogen-bond acceptors (Lipinski definition) is 2. The van der Waals surface area contributed by atoms with Crippen LogP contribution in [-0.4, -0.2) is 12.1 Å². The van der Waals surface area contributed by atoms with Crippen LogP contribution in [-0.2, 0) is 9.53 Å². The van der Waals surface area contributed by atoms with Gasteiger partial charge < -0.3 is 4.74 Å². The lowest BCUT2D eigenvalue weighted by molar-refractivity contribution is -0.142. The van der Waals surface area contributed by atoms with E-state index in [1.54, 1.807) is 0 Å². The zero-order valence-corrected chi connectivity index (χ0v) is 10.3. The fraction of sp³-hybridized carbons (Fsp3) is 0.929. The first-order valence-corrected chi connectivity index (χ1v) is 6.84. The number of fused-ring (bicyclic) bond motifs is 2. The zero-order valence-electron chi connectivity index (χ0n) is 10.3. The first-order valence-electron chi connectivity index (χ1n) is 6.84. The minimum Gasteiger partial charge on any atom is -0.462 e. The lowest BCUT2D eigenvalue weighted by Crippen LogP contribution is -2.27. The van der Waals surface area contributed by atoms with Crippen molar-refractivity contribution in [2.24, 2.45) is 29.6 Å². The largest absolute Gasteiger partial charge is 0.462 e. The summed E-state index contributed by atoms with van der Waals surface area (Å²) in [5.41, 5.74) is 0. The van der Waals surface area contributed by atoms with E-state index in [1.165, 1.54) is 12.8 Å². The van der Waals surface area contributed by atoms with Crippen LogP contribution < -0.4 is 0 Å². The van der Waals surface area contributed by atoms with Gasteiger partial charge in [0.25, 0.3) is 0 Å². The molecule has 0 aromatic carbocycles. The predicted octanol–water partition coefficient (Wildman–Crippen LogP) is 3.01. The third kappa shape index (κ3) is 1.57. The molecule has 0 aromatic heterocycles. The van der Waals surface area contributed by atoms with Crippen molar-refractivity contribution < 1.29 is 9.53 Å². The highest BCUT2D eigenvalue weighted by atomic mass is 16.5. The maximum Gasteiger partial charge on any atom is 0.306 e. The van der Waals surface area contributed by atoms with Crippen molar-refractivity contribution in [1.82, 2.24) is 0 Å². The van der Waals surface area contributed by atoms with Crippen LogP contribution >= 0.6 is 0 Å². The smallest absolute Gasteiger partial charge is 0.306 e. The highest BCUT2D eigenvalue weighted by molar-refractivity contribution is 5.71. The van der Waals surface area contributed by atoms with E-state index in [1.807, 2.05) is 0 Å². The topological polar surface area (TPSA) is 26.3 Å². The monoisotopic (exact) mass is 222 g/mol. The van der Waals surface area contributed by atoms with Crippen LogP contribution in [0.25, 0.3) is 0 Å². The maximum absolute atomic E-state index is 11.1. The minimum atomic E-state index is 0.0228. The fourth-order valence-corrected chi connectivity index (χ4v) is 4.45. The van der Waals surface area contributed by atoms with Gasteiger partial charge in [0, 0.05) is 6.42 Å². The van der Waals surface area contributed by atoms with Crippen molar-refractivity contribution in [3.63, 3.8) is 0 Å². The third-order valence-corrected chi connectivity index (χ3v) is 5.57. The van der Waals surface area contributed by atoms with E-state index in [0.29, 0.717) is 6.42 Å². The van der Waals surface area contributed by atoms with Gasteiger partial charge in [-0.3, -0.25) is 4.79 Å². The number of cyclic esters (lactones) is 1. The first kappa shape index (κ1) is 10.6. The summed E-state index contributed by atoms with van der Waals surface area (Å²) < 4.78 is 5.35. The Kier molecular flexibility index (Phi) is 2.49. The number of carbonyl (C=O) groups excluding carboxylic acids is 1. The average Bonchev–Trinajstić information content (AvgIpc) is 2.88. The van der Waals surface area contributed by atoms with Crippen LogP contribution in [0, 0.1) is 29.6 Å². The molecule has 2 heteroatoms. The molecule has 0 spiro atoms. The van der Waals surface area contributed by atoms with Gasteiger partial charge in [-0.15, -0.1) is 0 Å². The Labute approximate surface area is 97.7 Å². The Hall–Kier alpha value is -0.530.